The maximum atomic E-state index is 11.8. The smallest absolute Gasteiger partial charge is 0.356 e. The fourth-order valence-electron chi connectivity index (χ4n) is 0.832. The number of azide groups is 1. The van der Waals surface area contributed by atoms with Crippen molar-refractivity contribution in [1.82, 2.24) is 0 Å². The number of hydrogen-bond donors (Lipinski definition) is 0. The SMILES string of the molecule is CCOP(=O)(COCCN=[N+]=[N-])OCC. The van der Waals surface area contributed by atoms with Crippen molar-refractivity contribution in [3.05, 3.63) is 10.4 Å². The number of ether oxygens (including phenoxy) is 1. The van der Waals surface area contributed by atoms with Crippen LogP contribution < -0.4 is 0 Å². The van der Waals surface area contributed by atoms with Gasteiger partial charge in [-0.05, 0) is 19.4 Å². The van der Waals surface area contributed by atoms with Crippen molar-refractivity contribution in [3.8, 4) is 0 Å². The molecular formula is C7H16N3O4P. The van der Waals surface area contributed by atoms with E-state index in [4.69, 9.17) is 19.3 Å². The van der Waals surface area contributed by atoms with Gasteiger partial charge in [0.25, 0.3) is 0 Å². The Hall–Kier alpha value is -0.580. The summed E-state index contributed by atoms with van der Waals surface area (Å²) in [6.45, 7) is 4.47. The zero-order valence-corrected chi connectivity index (χ0v) is 9.85. The van der Waals surface area contributed by atoms with E-state index in [-0.39, 0.29) is 19.5 Å². The van der Waals surface area contributed by atoms with Gasteiger partial charge in [0.2, 0.25) is 0 Å². The Kier molecular flexibility index (Phi) is 8.37. The molecule has 0 fully saturated rings. The summed E-state index contributed by atoms with van der Waals surface area (Å²) < 4.78 is 26.8. The standard InChI is InChI=1S/C7H16N3O4P/c1-3-13-15(11,14-4-2)7-12-6-5-9-10-8/h3-7H2,1-2H3. The molecule has 0 N–H and O–H groups in total. The second-order valence-corrected chi connectivity index (χ2v) is 4.43. The van der Waals surface area contributed by atoms with Gasteiger partial charge in [-0.2, -0.15) is 0 Å². The zero-order valence-electron chi connectivity index (χ0n) is 8.96. The fourth-order valence-corrected chi connectivity index (χ4v) is 2.19. The molecule has 0 aromatic rings. The molecule has 0 unspecified atom stereocenters. The molecule has 0 spiro atoms. The molecule has 0 aliphatic rings. The maximum Gasteiger partial charge on any atom is 0.356 e. The molecule has 0 aliphatic heterocycles. The van der Waals surface area contributed by atoms with Gasteiger partial charge < -0.3 is 13.8 Å². The fraction of sp³-hybridized carbons (Fsp3) is 1.00. The Morgan fingerprint density at radius 2 is 1.93 bits per heavy atom. The van der Waals surface area contributed by atoms with Gasteiger partial charge in [0, 0.05) is 11.5 Å². The van der Waals surface area contributed by atoms with E-state index >= 15 is 0 Å². The quantitative estimate of drug-likeness (QED) is 0.202. The summed E-state index contributed by atoms with van der Waals surface area (Å²) in [5.74, 6) is 0. The van der Waals surface area contributed by atoms with Crippen LogP contribution in [-0.4, -0.2) is 32.7 Å². The molecule has 0 bridgehead atoms. The number of hydrogen-bond acceptors (Lipinski definition) is 5. The molecule has 15 heavy (non-hydrogen) atoms. The lowest BCUT2D eigenvalue weighted by atomic mass is 10.7. The molecule has 88 valence electrons. The highest BCUT2D eigenvalue weighted by atomic mass is 31.2. The molecule has 0 atom stereocenters. The van der Waals surface area contributed by atoms with Gasteiger partial charge >= 0.3 is 7.60 Å². The minimum Gasteiger partial charge on any atom is -0.369 e. The topological polar surface area (TPSA) is 93.5 Å². The maximum absolute atomic E-state index is 11.8. The summed E-state index contributed by atoms with van der Waals surface area (Å²) in [5.41, 5.74) is 7.99. The van der Waals surface area contributed by atoms with E-state index in [1.54, 1.807) is 13.8 Å². The van der Waals surface area contributed by atoms with Crippen LogP contribution in [0.15, 0.2) is 5.11 Å². The average Bonchev–Trinajstić information content (AvgIpc) is 2.18. The molecule has 0 rings (SSSR count). The van der Waals surface area contributed by atoms with Crippen molar-refractivity contribution in [2.45, 2.75) is 13.8 Å². The predicted molar refractivity (Wildman–Crippen MR) is 55.7 cm³/mol. The van der Waals surface area contributed by atoms with Crippen LogP contribution in [0.25, 0.3) is 10.4 Å². The molecule has 0 radical (unpaired) electrons. The van der Waals surface area contributed by atoms with E-state index in [9.17, 15) is 4.57 Å². The van der Waals surface area contributed by atoms with Crippen LogP contribution in [0.3, 0.4) is 0 Å². The molecule has 0 amide bonds. The third-order valence-corrected chi connectivity index (χ3v) is 3.10. The highest BCUT2D eigenvalue weighted by molar-refractivity contribution is 7.53. The lowest BCUT2D eigenvalue weighted by Gasteiger charge is -2.16. The summed E-state index contributed by atoms with van der Waals surface area (Å²) in [7, 11) is -3.12. The van der Waals surface area contributed by atoms with Gasteiger partial charge in [-0.25, -0.2) is 0 Å². The molecule has 0 saturated heterocycles. The molecule has 0 saturated carbocycles. The van der Waals surface area contributed by atoms with Crippen LogP contribution in [-0.2, 0) is 18.3 Å². The van der Waals surface area contributed by atoms with E-state index < -0.39 is 7.60 Å². The minimum atomic E-state index is -3.12. The minimum absolute atomic E-state index is 0.115. The van der Waals surface area contributed by atoms with Gasteiger partial charge in [0.1, 0.15) is 6.35 Å². The van der Waals surface area contributed by atoms with Crippen LogP contribution >= 0.6 is 7.60 Å². The Labute approximate surface area is 88.9 Å². The second-order valence-electron chi connectivity index (χ2n) is 2.44. The Morgan fingerprint density at radius 1 is 1.33 bits per heavy atom. The van der Waals surface area contributed by atoms with Crippen LogP contribution in [0.2, 0.25) is 0 Å². The normalized spacial score (nSPS) is 11.1. The van der Waals surface area contributed by atoms with Crippen molar-refractivity contribution in [2.24, 2.45) is 5.11 Å². The summed E-state index contributed by atoms with van der Waals surface area (Å²) in [6, 6.07) is 0. The highest BCUT2D eigenvalue weighted by Gasteiger charge is 2.23. The highest BCUT2D eigenvalue weighted by Crippen LogP contribution is 2.47. The van der Waals surface area contributed by atoms with Gasteiger partial charge in [0.15, 0.2) is 0 Å². The van der Waals surface area contributed by atoms with Crippen molar-refractivity contribution < 1.29 is 18.3 Å². The monoisotopic (exact) mass is 237 g/mol. The summed E-state index contributed by atoms with van der Waals surface area (Å²) in [4.78, 5) is 2.56. The van der Waals surface area contributed by atoms with Crippen molar-refractivity contribution in [2.75, 3.05) is 32.7 Å². The molecule has 7 nitrogen and oxygen atoms in total. The number of rotatable bonds is 9. The number of nitrogens with zero attached hydrogens (tertiary/aromatic N) is 3. The molecule has 0 aliphatic carbocycles. The molecular weight excluding hydrogens is 221 g/mol. The second kappa shape index (κ2) is 8.71. The van der Waals surface area contributed by atoms with Crippen molar-refractivity contribution in [3.63, 3.8) is 0 Å². The molecule has 0 heterocycles. The van der Waals surface area contributed by atoms with Crippen LogP contribution in [0.4, 0.5) is 0 Å². The van der Waals surface area contributed by atoms with E-state index in [1.165, 1.54) is 0 Å². The Bertz CT molecular complexity index is 245. The van der Waals surface area contributed by atoms with Crippen molar-refractivity contribution >= 4 is 7.60 Å². The summed E-state index contributed by atoms with van der Waals surface area (Å²) in [5, 5.41) is 3.27. The predicted octanol–water partition coefficient (Wildman–Crippen LogP) is 2.54. The third-order valence-electron chi connectivity index (χ3n) is 1.30. The van der Waals surface area contributed by atoms with Crippen LogP contribution in [0, 0.1) is 0 Å². The first-order valence-corrected chi connectivity index (χ1v) is 6.38. The van der Waals surface area contributed by atoms with E-state index in [2.05, 4.69) is 10.0 Å². The van der Waals surface area contributed by atoms with Gasteiger partial charge in [-0.3, -0.25) is 4.57 Å². The first kappa shape index (κ1) is 14.4. The first-order chi connectivity index (χ1) is 7.18. The largest absolute Gasteiger partial charge is 0.369 e. The summed E-state index contributed by atoms with van der Waals surface area (Å²) in [6.07, 6.45) is -0.115. The van der Waals surface area contributed by atoms with Crippen LogP contribution in [0.5, 0.6) is 0 Å². The Morgan fingerprint density at radius 3 is 2.40 bits per heavy atom. The molecule has 0 aromatic heterocycles. The lowest BCUT2D eigenvalue weighted by molar-refractivity contribution is 0.137. The third kappa shape index (κ3) is 7.36. The van der Waals surface area contributed by atoms with E-state index in [0.717, 1.165) is 0 Å². The zero-order chi connectivity index (χ0) is 11.6. The average molecular weight is 237 g/mol. The van der Waals surface area contributed by atoms with Crippen LogP contribution in [0.1, 0.15) is 13.8 Å². The lowest BCUT2D eigenvalue weighted by Crippen LogP contribution is -2.05. The van der Waals surface area contributed by atoms with E-state index in [1.807, 2.05) is 0 Å². The van der Waals surface area contributed by atoms with E-state index in [0.29, 0.717) is 13.2 Å². The van der Waals surface area contributed by atoms with Gasteiger partial charge in [-0.15, -0.1) is 0 Å². The molecule has 8 heteroatoms. The first-order valence-electron chi connectivity index (χ1n) is 4.65. The van der Waals surface area contributed by atoms with Gasteiger partial charge in [0.05, 0.1) is 19.8 Å². The Balaban J connectivity index is 3.85. The summed E-state index contributed by atoms with van der Waals surface area (Å²) >= 11 is 0. The molecule has 0 aromatic carbocycles. The van der Waals surface area contributed by atoms with Gasteiger partial charge in [-0.1, -0.05) is 5.11 Å². The van der Waals surface area contributed by atoms with Crippen molar-refractivity contribution in [1.29, 1.82) is 0 Å².